The van der Waals surface area contributed by atoms with Crippen molar-refractivity contribution in [3.63, 3.8) is 0 Å². The molecule has 0 heterocycles. The fourth-order valence-electron chi connectivity index (χ4n) is 1.47. The van der Waals surface area contributed by atoms with Gasteiger partial charge in [-0.25, -0.2) is 4.39 Å². The number of carbonyl (C=O) groups excluding carboxylic acids is 1. The van der Waals surface area contributed by atoms with Gasteiger partial charge in [0.15, 0.2) is 0 Å². The molecule has 0 unspecified atom stereocenters. The van der Waals surface area contributed by atoms with E-state index in [2.05, 4.69) is 27.9 Å². The summed E-state index contributed by atoms with van der Waals surface area (Å²) in [7, 11) is 0. The molecule has 2 rings (SSSR count). The fourth-order valence-corrected chi connectivity index (χ4v) is 2.48. The number of halogens is 3. The largest absolute Gasteiger partial charge is 0.396 e. The molecule has 0 aliphatic carbocycles. The van der Waals surface area contributed by atoms with Crippen molar-refractivity contribution in [1.29, 1.82) is 0 Å². The molecule has 0 saturated carbocycles. The number of benzene rings is 2. The van der Waals surface area contributed by atoms with Crippen molar-refractivity contribution in [3.05, 3.63) is 56.4 Å². The van der Waals surface area contributed by atoms with E-state index in [-0.39, 0.29) is 11.6 Å². The number of nitrogens with two attached hydrogens (primary N) is 1. The van der Waals surface area contributed by atoms with E-state index < -0.39 is 5.82 Å². The Morgan fingerprint density at radius 2 is 2.00 bits per heavy atom. The van der Waals surface area contributed by atoms with Crippen molar-refractivity contribution < 1.29 is 9.18 Å². The summed E-state index contributed by atoms with van der Waals surface area (Å²) in [6.45, 7) is 0. The molecule has 0 saturated heterocycles. The van der Waals surface area contributed by atoms with Crippen LogP contribution in [0.15, 0.2) is 36.4 Å². The zero-order chi connectivity index (χ0) is 14.0. The van der Waals surface area contributed by atoms with Gasteiger partial charge in [-0.3, -0.25) is 4.79 Å². The number of nitrogen functional groups attached to an aromatic ring is 1. The molecule has 0 spiro atoms. The number of anilines is 2. The number of hydrogen-bond acceptors (Lipinski definition) is 2. The maximum atomic E-state index is 13.0. The second-order valence-corrected chi connectivity index (χ2v) is 5.41. The number of rotatable bonds is 2. The second kappa shape index (κ2) is 5.75. The van der Waals surface area contributed by atoms with E-state index in [9.17, 15) is 9.18 Å². The highest BCUT2D eigenvalue weighted by Gasteiger charge is 2.10. The van der Waals surface area contributed by atoms with Crippen molar-refractivity contribution in [2.75, 3.05) is 11.1 Å². The average molecular weight is 391 g/mol. The number of amides is 1. The minimum atomic E-state index is -0.544. The predicted molar refractivity (Wildman–Crippen MR) is 82.9 cm³/mol. The monoisotopic (exact) mass is 390 g/mol. The fraction of sp³-hybridized carbons (Fsp3) is 0. The normalized spacial score (nSPS) is 10.3. The van der Waals surface area contributed by atoms with Crippen LogP contribution in [0.25, 0.3) is 0 Å². The van der Waals surface area contributed by atoms with Crippen molar-refractivity contribution in [2.45, 2.75) is 0 Å². The Balaban J connectivity index is 2.23. The zero-order valence-corrected chi connectivity index (χ0v) is 12.5. The molecule has 0 radical (unpaired) electrons. The Morgan fingerprint density at radius 3 is 2.63 bits per heavy atom. The molecular formula is C13H9ClFIN2O. The number of carbonyl (C=O) groups is 1. The standard InChI is InChI=1S/C13H9ClFIN2O/c14-8-2-4-12(10(16)6-8)18-13(19)7-1-3-9(15)11(17)5-7/h1-6H,17H2,(H,18,19). The first-order valence-electron chi connectivity index (χ1n) is 5.29. The van der Waals surface area contributed by atoms with Crippen LogP contribution in [0.4, 0.5) is 15.8 Å². The van der Waals surface area contributed by atoms with E-state index in [1.165, 1.54) is 12.1 Å². The van der Waals surface area contributed by atoms with E-state index in [1.54, 1.807) is 18.2 Å². The van der Waals surface area contributed by atoms with Crippen LogP contribution in [0, 0.1) is 9.39 Å². The molecule has 98 valence electrons. The molecular weight excluding hydrogens is 382 g/mol. The van der Waals surface area contributed by atoms with Crippen molar-refractivity contribution in [3.8, 4) is 0 Å². The summed E-state index contributed by atoms with van der Waals surface area (Å²) in [4.78, 5) is 12.0. The van der Waals surface area contributed by atoms with Gasteiger partial charge in [-0.1, -0.05) is 11.6 Å². The van der Waals surface area contributed by atoms with Crippen LogP contribution >= 0.6 is 34.2 Å². The van der Waals surface area contributed by atoms with E-state index >= 15 is 0 Å². The lowest BCUT2D eigenvalue weighted by Gasteiger charge is -2.08. The van der Waals surface area contributed by atoms with Crippen LogP contribution in [-0.4, -0.2) is 5.91 Å². The van der Waals surface area contributed by atoms with E-state index in [0.29, 0.717) is 16.3 Å². The summed E-state index contributed by atoms with van der Waals surface area (Å²) in [6.07, 6.45) is 0. The molecule has 0 aliphatic rings. The average Bonchev–Trinajstić information content (AvgIpc) is 2.36. The third-order valence-corrected chi connectivity index (χ3v) is 3.57. The van der Waals surface area contributed by atoms with Crippen LogP contribution in [0.2, 0.25) is 5.02 Å². The summed E-state index contributed by atoms with van der Waals surface area (Å²) in [5, 5.41) is 3.31. The van der Waals surface area contributed by atoms with E-state index in [0.717, 1.165) is 9.64 Å². The molecule has 0 atom stereocenters. The molecule has 0 fully saturated rings. The Labute approximate surface area is 128 Å². The summed E-state index contributed by atoms with van der Waals surface area (Å²) < 4.78 is 13.8. The van der Waals surface area contributed by atoms with E-state index in [4.69, 9.17) is 17.3 Å². The van der Waals surface area contributed by atoms with Gasteiger partial charge in [0.2, 0.25) is 0 Å². The lowest BCUT2D eigenvalue weighted by atomic mass is 10.2. The third kappa shape index (κ3) is 3.36. The summed E-state index contributed by atoms with van der Waals surface area (Å²) in [5.41, 5.74) is 6.30. The molecule has 19 heavy (non-hydrogen) atoms. The summed E-state index contributed by atoms with van der Waals surface area (Å²) in [6, 6.07) is 8.96. The first-order valence-corrected chi connectivity index (χ1v) is 6.74. The molecule has 0 aliphatic heterocycles. The number of nitrogens with one attached hydrogen (secondary N) is 1. The van der Waals surface area contributed by atoms with Crippen LogP contribution < -0.4 is 11.1 Å². The molecule has 3 N–H and O–H groups in total. The maximum Gasteiger partial charge on any atom is 0.255 e. The van der Waals surface area contributed by atoms with Gasteiger partial charge in [0.1, 0.15) is 5.82 Å². The Hall–Kier alpha value is -1.34. The molecule has 1 amide bonds. The van der Waals surface area contributed by atoms with Gasteiger partial charge in [0.05, 0.1) is 11.4 Å². The molecule has 2 aromatic carbocycles. The number of hydrogen-bond donors (Lipinski definition) is 2. The highest BCUT2D eigenvalue weighted by molar-refractivity contribution is 14.1. The van der Waals surface area contributed by atoms with Crippen LogP contribution in [0.5, 0.6) is 0 Å². The Kier molecular flexibility index (Phi) is 4.26. The minimum Gasteiger partial charge on any atom is -0.396 e. The van der Waals surface area contributed by atoms with Gasteiger partial charge < -0.3 is 11.1 Å². The molecule has 3 nitrogen and oxygen atoms in total. The van der Waals surface area contributed by atoms with Crippen molar-refractivity contribution in [1.82, 2.24) is 0 Å². The van der Waals surface area contributed by atoms with Gasteiger partial charge in [-0.2, -0.15) is 0 Å². The summed E-state index contributed by atoms with van der Waals surface area (Å²) in [5.74, 6) is -0.899. The predicted octanol–water partition coefficient (Wildman–Crippen LogP) is 3.92. The van der Waals surface area contributed by atoms with Gasteiger partial charge in [0.25, 0.3) is 5.91 Å². The van der Waals surface area contributed by atoms with Crippen molar-refractivity contribution in [2.24, 2.45) is 0 Å². The highest BCUT2D eigenvalue weighted by atomic mass is 127. The Bertz CT molecular complexity index is 649. The minimum absolute atomic E-state index is 0.0570. The highest BCUT2D eigenvalue weighted by Crippen LogP contribution is 2.23. The Morgan fingerprint density at radius 1 is 1.26 bits per heavy atom. The van der Waals surface area contributed by atoms with Gasteiger partial charge in [0, 0.05) is 14.2 Å². The molecule has 2 aromatic rings. The first-order chi connectivity index (χ1) is 8.97. The SMILES string of the molecule is Nc1cc(C(=O)Nc2ccc(Cl)cc2I)ccc1F. The van der Waals surface area contributed by atoms with Crippen LogP contribution in [-0.2, 0) is 0 Å². The first kappa shape index (κ1) is 14.1. The second-order valence-electron chi connectivity index (χ2n) is 3.81. The van der Waals surface area contributed by atoms with Gasteiger partial charge in [-0.05, 0) is 59.0 Å². The molecule has 6 heteroatoms. The smallest absolute Gasteiger partial charge is 0.255 e. The van der Waals surface area contributed by atoms with Crippen LogP contribution in [0.1, 0.15) is 10.4 Å². The lowest BCUT2D eigenvalue weighted by Crippen LogP contribution is -2.13. The van der Waals surface area contributed by atoms with Gasteiger partial charge in [-0.15, -0.1) is 0 Å². The quantitative estimate of drug-likeness (QED) is 0.603. The third-order valence-electron chi connectivity index (χ3n) is 2.44. The summed E-state index contributed by atoms with van der Waals surface area (Å²) >= 11 is 7.90. The molecule has 0 aromatic heterocycles. The van der Waals surface area contributed by atoms with Crippen molar-refractivity contribution >= 4 is 51.5 Å². The zero-order valence-electron chi connectivity index (χ0n) is 9.58. The van der Waals surface area contributed by atoms with E-state index in [1.807, 2.05) is 0 Å². The van der Waals surface area contributed by atoms with Gasteiger partial charge >= 0.3 is 0 Å². The maximum absolute atomic E-state index is 13.0. The lowest BCUT2D eigenvalue weighted by molar-refractivity contribution is 0.102. The topological polar surface area (TPSA) is 55.1 Å². The molecule has 0 bridgehead atoms. The van der Waals surface area contributed by atoms with Crippen LogP contribution in [0.3, 0.4) is 0 Å².